The Bertz CT molecular complexity index is 2030. The quantitative estimate of drug-likeness (QED) is 0.211. The van der Waals surface area contributed by atoms with Crippen LogP contribution in [0.15, 0.2) is 102 Å². The molecule has 42 heavy (non-hydrogen) atoms. The third-order valence-electron chi connectivity index (χ3n) is 8.05. The fraction of sp³-hybridized carbons (Fsp3) is 0.182. The highest BCUT2D eigenvalue weighted by Crippen LogP contribution is 2.43. The molecule has 7 rings (SSSR count). The minimum Gasteiger partial charge on any atom is -0.382 e. The van der Waals surface area contributed by atoms with Gasteiger partial charge in [0.15, 0.2) is 10.0 Å². The van der Waals surface area contributed by atoms with Gasteiger partial charge in [-0.25, -0.2) is 23.9 Å². The number of hydrogen-bond acceptors (Lipinski definition) is 7. The summed E-state index contributed by atoms with van der Waals surface area (Å²) in [6.45, 7) is 2.23. The molecular weight excluding hydrogens is 544 g/mol. The molecule has 0 saturated heterocycles. The molecule has 3 heterocycles. The van der Waals surface area contributed by atoms with E-state index in [1.807, 2.05) is 53.9 Å². The minimum absolute atomic E-state index is 0.186. The molecule has 1 aliphatic carbocycles. The van der Waals surface area contributed by atoms with E-state index in [0.717, 1.165) is 63.2 Å². The monoisotopic (exact) mass is 574 g/mol. The number of anilines is 1. The summed E-state index contributed by atoms with van der Waals surface area (Å²) in [5.74, 6) is 1.72. The molecule has 1 saturated carbocycles. The van der Waals surface area contributed by atoms with Crippen molar-refractivity contribution in [2.45, 2.75) is 30.6 Å². The first-order chi connectivity index (χ1) is 20.4. The van der Waals surface area contributed by atoms with Gasteiger partial charge in [-0.05, 0) is 49.9 Å². The van der Waals surface area contributed by atoms with Crippen molar-refractivity contribution >= 4 is 32.2 Å². The third kappa shape index (κ3) is 4.80. The largest absolute Gasteiger partial charge is 0.382 e. The molecule has 0 spiro atoms. The maximum Gasteiger partial charge on any atom is 0.190 e. The summed E-state index contributed by atoms with van der Waals surface area (Å²) < 4.78 is 28.8. The van der Waals surface area contributed by atoms with Gasteiger partial charge in [0.1, 0.15) is 22.9 Å². The highest BCUT2D eigenvalue weighted by molar-refractivity contribution is 7.87. The molecule has 0 bridgehead atoms. The number of nitrogen functional groups attached to an aromatic ring is 1. The molecule has 3 N–H and O–H groups in total. The third-order valence-corrected chi connectivity index (χ3v) is 9.41. The van der Waals surface area contributed by atoms with Gasteiger partial charge in [-0.15, -0.1) is 0 Å². The van der Waals surface area contributed by atoms with Crippen LogP contribution in [0, 0.1) is 17.6 Å². The zero-order valence-electron chi connectivity index (χ0n) is 23.1. The molecule has 8 nitrogen and oxygen atoms in total. The number of rotatable bonds is 7. The SMILES string of the molecule is Cc1ccc(S(=N)(=O)OCC2CC(c3nc(-c4ccc5ccc(-c6ccccc6)nc5c4)c4c(N)nccn34)C2)cc1. The Hall–Kier alpha value is -4.60. The molecule has 1 aliphatic rings. The van der Waals surface area contributed by atoms with Crippen molar-refractivity contribution in [1.82, 2.24) is 19.4 Å². The Balaban J connectivity index is 1.15. The van der Waals surface area contributed by atoms with Crippen LogP contribution in [0.2, 0.25) is 0 Å². The molecule has 3 aromatic carbocycles. The highest BCUT2D eigenvalue weighted by Gasteiger charge is 2.35. The van der Waals surface area contributed by atoms with E-state index in [9.17, 15) is 4.21 Å². The number of fused-ring (bicyclic) bond motifs is 2. The lowest BCUT2D eigenvalue weighted by Gasteiger charge is -2.34. The van der Waals surface area contributed by atoms with Gasteiger partial charge in [0.2, 0.25) is 0 Å². The van der Waals surface area contributed by atoms with Crippen molar-refractivity contribution in [3.8, 4) is 22.5 Å². The molecule has 3 aromatic heterocycles. The Morgan fingerprint density at radius 3 is 2.52 bits per heavy atom. The number of pyridine rings is 1. The van der Waals surface area contributed by atoms with E-state index < -0.39 is 10.0 Å². The van der Waals surface area contributed by atoms with E-state index >= 15 is 0 Å². The van der Waals surface area contributed by atoms with Crippen molar-refractivity contribution in [1.29, 1.82) is 4.78 Å². The lowest BCUT2D eigenvalue weighted by molar-refractivity contribution is 0.162. The first-order valence-corrected chi connectivity index (χ1v) is 15.4. The van der Waals surface area contributed by atoms with Crippen molar-refractivity contribution < 1.29 is 8.39 Å². The Morgan fingerprint density at radius 1 is 0.976 bits per heavy atom. The number of nitrogens with zero attached hydrogens (tertiary/aromatic N) is 4. The first-order valence-electron chi connectivity index (χ1n) is 13.9. The molecule has 1 fully saturated rings. The van der Waals surface area contributed by atoms with Gasteiger partial charge in [-0.1, -0.05) is 66.2 Å². The second-order valence-corrected chi connectivity index (χ2v) is 12.7. The number of aryl methyl sites for hydroxylation is 1. The Kier molecular flexibility index (Phi) is 6.48. The number of aromatic nitrogens is 4. The van der Waals surface area contributed by atoms with Gasteiger partial charge >= 0.3 is 0 Å². The summed E-state index contributed by atoms with van der Waals surface area (Å²) in [6, 6.07) is 27.6. The lowest BCUT2D eigenvalue weighted by Crippen LogP contribution is -2.28. The Labute approximate surface area is 244 Å². The van der Waals surface area contributed by atoms with Gasteiger partial charge < -0.3 is 5.73 Å². The molecule has 1 unspecified atom stereocenters. The van der Waals surface area contributed by atoms with Gasteiger partial charge in [-0.3, -0.25) is 8.58 Å². The maximum atomic E-state index is 12.9. The summed E-state index contributed by atoms with van der Waals surface area (Å²) in [5, 5.41) is 1.05. The van der Waals surface area contributed by atoms with E-state index in [2.05, 4.69) is 41.4 Å². The molecule has 9 heteroatoms. The highest BCUT2D eigenvalue weighted by atomic mass is 32.2. The van der Waals surface area contributed by atoms with Crippen LogP contribution >= 0.6 is 0 Å². The van der Waals surface area contributed by atoms with E-state index in [1.165, 1.54) is 0 Å². The molecule has 210 valence electrons. The van der Waals surface area contributed by atoms with E-state index in [1.54, 1.807) is 18.3 Å². The lowest BCUT2D eigenvalue weighted by atomic mass is 9.75. The Morgan fingerprint density at radius 2 is 1.74 bits per heavy atom. The number of nitrogens with one attached hydrogen (secondary N) is 1. The average molecular weight is 575 g/mol. The van der Waals surface area contributed by atoms with Crippen molar-refractivity contribution in [2.24, 2.45) is 5.92 Å². The fourth-order valence-electron chi connectivity index (χ4n) is 5.67. The van der Waals surface area contributed by atoms with Gasteiger partial charge in [0, 0.05) is 34.8 Å². The maximum absolute atomic E-state index is 12.9. The summed E-state index contributed by atoms with van der Waals surface area (Å²) in [6.07, 6.45) is 5.25. The van der Waals surface area contributed by atoms with Gasteiger partial charge in [-0.2, -0.15) is 0 Å². The minimum atomic E-state index is -3.29. The van der Waals surface area contributed by atoms with E-state index in [0.29, 0.717) is 10.7 Å². The average Bonchev–Trinajstić information content (AvgIpc) is 3.37. The van der Waals surface area contributed by atoms with Crippen LogP contribution < -0.4 is 5.73 Å². The number of nitrogens with two attached hydrogens (primary N) is 1. The molecular formula is C33H30N6O2S. The van der Waals surface area contributed by atoms with Crippen LogP contribution in [0.1, 0.15) is 30.1 Å². The second-order valence-electron chi connectivity index (χ2n) is 11.0. The molecule has 1 atom stereocenters. The summed E-state index contributed by atoms with van der Waals surface area (Å²) in [5.41, 5.74) is 12.8. The van der Waals surface area contributed by atoms with E-state index in [4.69, 9.17) is 24.7 Å². The smallest absolute Gasteiger partial charge is 0.190 e. The summed E-state index contributed by atoms with van der Waals surface area (Å²) in [4.78, 5) is 14.8. The predicted molar refractivity (Wildman–Crippen MR) is 165 cm³/mol. The molecule has 0 radical (unpaired) electrons. The zero-order chi connectivity index (χ0) is 28.8. The van der Waals surface area contributed by atoms with Crippen LogP contribution in [0.3, 0.4) is 0 Å². The van der Waals surface area contributed by atoms with Crippen LogP contribution in [0.4, 0.5) is 5.82 Å². The number of hydrogen-bond donors (Lipinski definition) is 2. The fourth-order valence-corrected chi connectivity index (χ4v) is 6.69. The van der Waals surface area contributed by atoms with Crippen LogP contribution in [-0.2, 0) is 14.2 Å². The van der Waals surface area contributed by atoms with Gasteiger partial charge in [0.25, 0.3) is 0 Å². The first kappa shape index (κ1) is 26.3. The topological polar surface area (TPSA) is 119 Å². The van der Waals surface area contributed by atoms with Crippen molar-refractivity contribution in [3.05, 3.63) is 109 Å². The molecule has 0 amide bonds. The normalized spacial score (nSPS) is 18.1. The van der Waals surface area contributed by atoms with Gasteiger partial charge in [0.05, 0.1) is 22.7 Å². The van der Waals surface area contributed by atoms with E-state index in [-0.39, 0.29) is 18.4 Å². The second kappa shape index (κ2) is 10.3. The number of imidazole rings is 1. The van der Waals surface area contributed by atoms with Crippen molar-refractivity contribution in [2.75, 3.05) is 12.3 Å². The van der Waals surface area contributed by atoms with Crippen LogP contribution in [-0.4, -0.2) is 30.2 Å². The number of benzene rings is 3. The predicted octanol–water partition coefficient (Wildman–Crippen LogP) is 7.03. The summed E-state index contributed by atoms with van der Waals surface area (Å²) >= 11 is 0. The van der Waals surface area contributed by atoms with Crippen LogP contribution in [0.25, 0.3) is 38.9 Å². The molecule has 6 aromatic rings. The van der Waals surface area contributed by atoms with Crippen LogP contribution in [0.5, 0.6) is 0 Å². The summed E-state index contributed by atoms with van der Waals surface area (Å²) in [7, 11) is -3.29. The molecule has 0 aliphatic heterocycles. The standard InChI is InChI=1S/C33H30N6O2S/c1-21-7-12-27(13-8-21)42(35,40)41-20-22-17-26(18-22)33-38-30(31-32(34)36-15-16-39(31)33)25-10-9-24-11-14-28(37-29(24)19-25)23-5-3-2-4-6-23/h2-16,19,22,26,35H,17-18,20H2,1H3,(H2,34,36). The zero-order valence-corrected chi connectivity index (χ0v) is 23.9. The van der Waals surface area contributed by atoms with Crippen molar-refractivity contribution in [3.63, 3.8) is 0 Å².